The fourth-order valence-corrected chi connectivity index (χ4v) is 5.79. The van der Waals surface area contributed by atoms with Crippen LogP contribution in [0.4, 0.5) is 4.39 Å². The Morgan fingerprint density at radius 2 is 1.66 bits per heavy atom. The lowest BCUT2D eigenvalue weighted by Crippen LogP contribution is -2.50. The minimum absolute atomic E-state index is 0.0612. The number of nitrogens with one attached hydrogen (secondary N) is 1. The lowest BCUT2D eigenvalue weighted by molar-refractivity contribution is -0.127. The van der Waals surface area contributed by atoms with E-state index in [0.717, 1.165) is 62.9 Å². The van der Waals surface area contributed by atoms with Gasteiger partial charge in [-0.3, -0.25) is 9.59 Å². The largest absolute Gasteiger partial charge is 0.351 e. The number of aromatic nitrogens is 1. The molecule has 0 radical (unpaired) electrons. The molecule has 9 heteroatoms. The van der Waals surface area contributed by atoms with E-state index in [1.165, 1.54) is 18.6 Å². The second-order valence-electron chi connectivity index (χ2n) is 8.57. The Morgan fingerprint density at radius 1 is 1.03 bits per heavy atom. The van der Waals surface area contributed by atoms with Crippen molar-refractivity contribution in [2.45, 2.75) is 75.9 Å². The molecular weight excluding hydrogens is 472 g/mol. The molecule has 0 spiro atoms. The molecule has 172 valence electrons. The van der Waals surface area contributed by atoms with E-state index >= 15 is 0 Å². The van der Waals surface area contributed by atoms with Crippen LogP contribution >= 0.6 is 34.7 Å². The van der Waals surface area contributed by atoms with Crippen molar-refractivity contribution in [2.24, 2.45) is 0 Å². The highest BCUT2D eigenvalue weighted by Crippen LogP contribution is 2.37. The maximum absolute atomic E-state index is 13.7. The van der Waals surface area contributed by atoms with E-state index in [1.54, 1.807) is 17.0 Å². The zero-order chi connectivity index (χ0) is 22.7. The summed E-state index contributed by atoms with van der Waals surface area (Å²) in [5.41, 5.74) is 0.628. The predicted octanol–water partition coefficient (Wildman–Crippen LogP) is 6.16. The summed E-state index contributed by atoms with van der Waals surface area (Å²) in [5.74, 6) is -1.06. The molecule has 2 aliphatic rings. The Labute approximate surface area is 201 Å². The van der Waals surface area contributed by atoms with Gasteiger partial charge in [0.15, 0.2) is 5.69 Å². The summed E-state index contributed by atoms with van der Waals surface area (Å²) in [4.78, 5) is 29.0. The molecule has 1 atom stereocenters. The topological polar surface area (TPSA) is 62.3 Å². The smallest absolute Gasteiger partial charge is 0.276 e. The summed E-state index contributed by atoms with van der Waals surface area (Å²) in [5, 5.41) is 3.27. The van der Waals surface area contributed by atoms with Gasteiger partial charge in [-0.05, 0) is 54.9 Å². The fourth-order valence-electron chi connectivity index (χ4n) is 4.80. The van der Waals surface area contributed by atoms with E-state index in [0.29, 0.717) is 5.56 Å². The molecule has 1 N–H and O–H groups in total. The number of hydrogen-bond donors (Lipinski definition) is 1. The van der Waals surface area contributed by atoms with Gasteiger partial charge in [0.2, 0.25) is 5.91 Å². The van der Waals surface area contributed by atoms with E-state index in [2.05, 4.69) is 9.69 Å². The van der Waals surface area contributed by atoms with Crippen molar-refractivity contribution in [3.8, 4) is 0 Å². The Morgan fingerprint density at radius 3 is 2.25 bits per heavy atom. The van der Waals surface area contributed by atoms with Crippen molar-refractivity contribution in [1.82, 2.24) is 14.6 Å². The minimum Gasteiger partial charge on any atom is -0.351 e. The third-order valence-corrected chi connectivity index (χ3v) is 8.03. The molecule has 4 rings (SSSR count). The molecular formula is C23H26Cl2FN3O2S. The lowest BCUT2D eigenvalue weighted by Gasteiger charge is -2.37. The molecule has 2 aliphatic carbocycles. The Kier molecular flexibility index (Phi) is 7.69. The van der Waals surface area contributed by atoms with Crippen LogP contribution in [0.3, 0.4) is 0 Å². The lowest BCUT2D eigenvalue weighted by atomic mass is 9.94. The number of rotatable bonds is 6. The molecule has 2 fully saturated rings. The van der Waals surface area contributed by atoms with Crippen LogP contribution in [0, 0.1) is 5.82 Å². The Hall–Kier alpha value is -1.70. The summed E-state index contributed by atoms with van der Waals surface area (Å²) >= 11 is 13.3. The minimum atomic E-state index is -0.898. The van der Waals surface area contributed by atoms with Gasteiger partial charge < -0.3 is 10.2 Å². The molecule has 2 aromatic rings. The Bertz CT molecular complexity index is 957. The quantitative estimate of drug-likeness (QED) is 0.519. The van der Waals surface area contributed by atoms with Crippen LogP contribution in [-0.2, 0) is 4.79 Å². The first kappa shape index (κ1) is 23.5. The van der Waals surface area contributed by atoms with E-state index < -0.39 is 17.8 Å². The molecule has 1 heterocycles. The summed E-state index contributed by atoms with van der Waals surface area (Å²) in [6.07, 6.45) is 8.68. The van der Waals surface area contributed by atoms with Crippen LogP contribution in [-0.4, -0.2) is 33.2 Å². The van der Waals surface area contributed by atoms with Gasteiger partial charge in [0.05, 0.1) is 0 Å². The van der Waals surface area contributed by atoms with Crippen LogP contribution in [0.15, 0.2) is 24.3 Å². The van der Waals surface area contributed by atoms with Crippen LogP contribution in [0.5, 0.6) is 0 Å². The number of hydrogen-bond acceptors (Lipinski definition) is 4. The number of amides is 2. The van der Waals surface area contributed by atoms with Gasteiger partial charge in [-0.2, -0.15) is 4.37 Å². The first-order valence-corrected chi connectivity index (χ1v) is 12.7. The third-order valence-electron chi connectivity index (χ3n) is 6.42. The standard InChI is InChI=1S/C23H26Cl2FN3O2S/c24-18-19(28-32-21(18)25)23(31)29(17-8-4-5-9-17)20(14-10-12-15(26)13-11-14)22(30)27-16-6-2-1-3-7-16/h10-13,16-17,20H,1-9H2,(H,27,30)/t20-/m0/s1. The van der Waals surface area contributed by atoms with E-state index in [-0.39, 0.29) is 33.0 Å². The molecule has 2 saturated carbocycles. The summed E-state index contributed by atoms with van der Waals surface area (Å²) in [6.45, 7) is 0. The SMILES string of the molecule is O=C(NC1CCCCC1)[C@H](c1ccc(F)cc1)N(C(=O)c1nsc(Cl)c1Cl)C1CCCC1. The number of nitrogens with zero attached hydrogens (tertiary/aromatic N) is 2. The van der Waals surface area contributed by atoms with Crippen molar-refractivity contribution >= 4 is 46.5 Å². The second kappa shape index (κ2) is 10.5. The average molecular weight is 498 g/mol. The highest BCUT2D eigenvalue weighted by molar-refractivity contribution is 7.11. The molecule has 0 aliphatic heterocycles. The van der Waals surface area contributed by atoms with Gasteiger partial charge in [-0.15, -0.1) is 0 Å². The van der Waals surface area contributed by atoms with E-state index in [1.807, 2.05) is 0 Å². The van der Waals surface area contributed by atoms with Crippen molar-refractivity contribution in [3.63, 3.8) is 0 Å². The highest BCUT2D eigenvalue weighted by Gasteiger charge is 2.40. The summed E-state index contributed by atoms with van der Waals surface area (Å²) in [7, 11) is 0. The molecule has 5 nitrogen and oxygen atoms in total. The van der Waals surface area contributed by atoms with Crippen molar-refractivity contribution in [1.29, 1.82) is 0 Å². The molecule has 1 aromatic heterocycles. The fraction of sp³-hybridized carbons (Fsp3) is 0.522. The van der Waals surface area contributed by atoms with Crippen molar-refractivity contribution < 1.29 is 14.0 Å². The first-order chi connectivity index (χ1) is 15.5. The zero-order valence-corrected chi connectivity index (χ0v) is 20.0. The molecule has 32 heavy (non-hydrogen) atoms. The van der Waals surface area contributed by atoms with Gasteiger partial charge in [0.25, 0.3) is 5.91 Å². The number of carbonyl (C=O) groups excluding carboxylic acids is 2. The van der Waals surface area contributed by atoms with E-state index in [9.17, 15) is 14.0 Å². The summed E-state index contributed by atoms with van der Waals surface area (Å²) < 4.78 is 18.1. The third kappa shape index (κ3) is 5.10. The molecule has 1 aromatic carbocycles. The van der Waals surface area contributed by atoms with Gasteiger partial charge in [0, 0.05) is 12.1 Å². The van der Waals surface area contributed by atoms with Crippen molar-refractivity contribution in [2.75, 3.05) is 0 Å². The molecule has 0 unspecified atom stereocenters. The predicted molar refractivity (Wildman–Crippen MR) is 125 cm³/mol. The van der Waals surface area contributed by atoms with Crippen LogP contribution < -0.4 is 5.32 Å². The average Bonchev–Trinajstić information content (AvgIpc) is 3.43. The van der Waals surface area contributed by atoms with Crippen LogP contribution in [0.25, 0.3) is 0 Å². The molecule has 2 amide bonds. The maximum atomic E-state index is 13.7. The number of halogens is 3. The van der Waals surface area contributed by atoms with E-state index in [4.69, 9.17) is 23.2 Å². The number of benzene rings is 1. The molecule has 0 saturated heterocycles. The van der Waals surface area contributed by atoms with Gasteiger partial charge in [-0.1, -0.05) is 67.4 Å². The van der Waals surface area contributed by atoms with Gasteiger partial charge >= 0.3 is 0 Å². The van der Waals surface area contributed by atoms with Crippen molar-refractivity contribution in [3.05, 3.63) is 50.7 Å². The first-order valence-electron chi connectivity index (χ1n) is 11.1. The van der Waals surface area contributed by atoms with Crippen LogP contribution in [0.2, 0.25) is 9.36 Å². The monoisotopic (exact) mass is 497 g/mol. The second-order valence-corrected chi connectivity index (χ2v) is 10.3. The summed E-state index contributed by atoms with van der Waals surface area (Å²) in [6, 6.07) is 4.84. The zero-order valence-electron chi connectivity index (χ0n) is 17.7. The number of carbonyl (C=O) groups is 2. The Balaban J connectivity index is 1.73. The normalized spacial score (nSPS) is 18.5. The van der Waals surface area contributed by atoms with Crippen LogP contribution in [0.1, 0.15) is 79.9 Å². The maximum Gasteiger partial charge on any atom is 0.276 e. The highest BCUT2D eigenvalue weighted by atomic mass is 35.5. The van der Waals surface area contributed by atoms with Gasteiger partial charge in [0.1, 0.15) is 21.2 Å². The molecule has 0 bridgehead atoms. The van der Waals surface area contributed by atoms with Gasteiger partial charge in [-0.25, -0.2) is 4.39 Å².